The molecule has 152 valence electrons. The van der Waals surface area contributed by atoms with Crippen LogP contribution in [0.2, 0.25) is 0 Å². The molecule has 0 nitrogen and oxygen atoms in total. The minimum atomic E-state index is 0.184. The van der Waals surface area contributed by atoms with E-state index in [0.717, 1.165) is 12.8 Å². The third-order valence-electron chi connectivity index (χ3n) is 6.97. The second-order valence-electron chi connectivity index (χ2n) is 9.14. The zero-order valence-corrected chi connectivity index (χ0v) is 18.1. The van der Waals surface area contributed by atoms with Crippen molar-refractivity contribution in [2.75, 3.05) is 0 Å². The lowest BCUT2D eigenvalue weighted by molar-refractivity contribution is 0.424. The lowest BCUT2D eigenvalue weighted by Crippen LogP contribution is -2.31. The Labute approximate surface area is 177 Å². The fourth-order valence-electron chi connectivity index (χ4n) is 5.24. The smallest absolute Gasteiger partial charge is 0.0178 e. The van der Waals surface area contributed by atoms with Crippen LogP contribution < -0.4 is 0 Å². The maximum Gasteiger partial charge on any atom is 0.0178 e. The first kappa shape index (κ1) is 20.2. The fourth-order valence-corrected chi connectivity index (χ4v) is 5.24. The maximum absolute atomic E-state index is 2.53. The summed E-state index contributed by atoms with van der Waals surface area (Å²) in [7, 11) is 0. The summed E-state index contributed by atoms with van der Waals surface area (Å²) < 4.78 is 0. The van der Waals surface area contributed by atoms with Gasteiger partial charge in [0, 0.05) is 5.41 Å². The Bertz CT molecular complexity index is 865. The van der Waals surface area contributed by atoms with Gasteiger partial charge in [-0.05, 0) is 47.9 Å². The van der Waals surface area contributed by atoms with Crippen molar-refractivity contribution in [1.82, 2.24) is 0 Å². The Morgan fingerprint density at radius 1 is 0.690 bits per heavy atom. The highest BCUT2D eigenvalue weighted by atomic mass is 14.4. The van der Waals surface area contributed by atoms with Gasteiger partial charge in [-0.25, -0.2) is 0 Å². The van der Waals surface area contributed by atoms with E-state index in [1.165, 1.54) is 80.0 Å². The first-order valence-corrected chi connectivity index (χ1v) is 11.9. The molecule has 0 heterocycles. The van der Waals surface area contributed by atoms with Crippen molar-refractivity contribution in [1.29, 1.82) is 0 Å². The van der Waals surface area contributed by atoms with Crippen molar-refractivity contribution in [2.45, 2.75) is 77.6 Å². The summed E-state index contributed by atoms with van der Waals surface area (Å²) in [5.74, 6) is 0. The van der Waals surface area contributed by atoms with Crippen molar-refractivity contribution < 1.29 is 0 Å². The highest BCUT2D eigenvalue weighted by molar-refractivity contribution is 5.67. The van der Waals surface area contributed by atoms with Crippen LogP contribution in [0, 0.1) is 5.41 Å². The molecule has 0 aliphatic heterocycles. The molecule has 4 rings (SSSR count). The number of allylic oxidation sites excluding steroid dienone is 2. The molecule has 2 aromatic rings. The Morgan fingerprint density at radius 2 is 1.28 bits per heavy atom. The topological polar surface area (TPSA) is 0 Å². The number of rotatable bonds is 9. The van der Waals surface area contributed by atoms with Crippen molar-refractivity contribution in [3.8, 4) is 0 Å². The van der Waals surface area contributed by atoms with Crippen LogP contribution in [0.25, 0.3) is 12.2 Å². The molecular weight excluding hydrogens is 348 g/mol. The zero-order valence-electron chi connectivity index (χ0n) is 18.1. The van der Waals surface area contributed by atoms with Gasteiger partial charge in [0.15, 0.2) is 0 Å². The highest BCUT2D eigenvalue weighted by Crippen LogP contribution is 2.47. The average molecular weight is 385 g/mol. The van der Waals surface area contributed by atoms with Crippen molar-refractivity contribution >= 4 is 12.2 Å². The molecule has 1 unspecified atom stereocenters. The van der Waals surface area contributed by atoms with E-state index in [1.807, 2.05) is 0 Å². The molecule has 0 N–H and O–H groups in total. The zero-order chi connectivity index (χ0) is 19.9. The SMILES string of the molecule is CCCCCCCCCCC1=Cc2ccccc2CC12C=Cc1ccccc1C2. The van der Waals surface area contributed by atoms with E-state index in [2.05, 4.69) is 73.7 Å². The summed E-state index contributed by atoms with van der Waals surface area (Å²) in [4.78, 5) is 0. The van der Waals surface area contributed by atoms with Gasteiger partial charge in [-0.3, -0.25) is 0 Å². The Morgan fingerprint density at radius 3 is 2.00 bits per heavy atom. The molecule has 2 aromatic carbocycles. The molecule has 0 bridgehead atoms. The normalized spacial score (nSPS) is 19.7. The molecule has 0 aromatic heterocycles. The summed E-state index contributed by atoms with van der Waals surface area (Å²) >= 11 is 0. The molecule has 0 saturated carbocycles. The maximum atomic E-state index is 2.53. The summed E-state index contributed by atoms with van der Waals surface area (Å²) in [5.41, 5.74) is 7.72. The van der Waals surface area contributed by atoms with Gasteiger partial charge in [-0.2, -0.15) is 0 Å². The van der Waals surface area contributed by atoms with Crippen LogP contribution in [-0.2, 0) is 12.8 Å². The Kier molecular flexibility index (Phi) is 6.70. The van der Waals surface area contributed by atoms with E-state index in [9.17, 15) is 0 Å². The predicted octanol–water partition coefficient (Wildman–Crippen LogP) is 8.41. The van der Waals surface area contributed by atoms with Crippen LogP contribution in [0.3, 0.4) is 0 Å². The number of benzene rings is 2. The van der Waals surface area contributed by atoms with Gasteiger partial charge in [0.25, 0.3) is 0 Å². The van der Waals surface area contributed by atoms with Crippen molar-refractivity contribution in [3.05, 3.63) is 82.4 Å². The number of unbranched alkanes of at least 4 members (excludes halogenated alkanes) is 7. The second-order valence-corrected chi connectivity index (χ2v) is 9.14. The lowest BCUT2D eigenvalue weighted by Gasteiger charge is -2.40. The van der Waals surface area contributed by atoms with E-state index >= 15 is 0 Å². The molecule has 2 aliphatic rings. The fraction of sp³-hybridized carbons (Fsp3) is 0.448. The van der Waals surface area contributed by atoms with Gasteiger partial charge >= 0.3 is 0 Å². The Balaban J connectivity index is 1.45. The minimum absolute atomic E-state index is 0.184. The first-order valence-electron chi connectivity index (χ1n) is 11.9. The van der Waals surface area contributed by atoms with Crippen molar-refractivity contribution in [2.24, 2.45) is 5.41 Å². The van der Waals surface area contributed by atoms with Gasteiger partial charge < -0.3 is 0 Å². The third kappa shape index (κ3) is 4.74. The predicted molar refractivity (Wildman–Crippen MR) is 127 cm³/mol. The monoisotopic (exact) mass is 384 g/mol. The van der Waals surface area contributed by atoms with Crippen LogP contribution in [0.15, 0.2) is 60.2 Å². The van der Waals surface area contributed by atoms with Crippen LogP contribution in [0.5, 0.6) is 0 Å². The largest absolute Gasteiger partial charge is 0.0730 e. The highest BCUT2D eigenvalue weighted by Gasteiger charge is 2.37. The standard InChI is InChI=1S/C29H36/c1-2-3-4-5-6-7-8-9-18-28-21-25-15-11-13-17-27(25)23-29(28)20-19-24-14-10-12-16-26(24)22-29/h10-17,19-21H,2-9,18,22-23H2,1H3. The second kappa shape index (κ2) is 9.61. The third-order valence-corrected chi connectivity index (χ3v) is 6.97. The number of hydrogen-bond acceptors (Lipinski definition) is 0. The minimum Gasteiger partial charge on any atom is -0.0730 e. The number of hydrogen-bond donors (Lipinski definition) is 0. The van der Waals surface area contributed by atoms with Crippen LogP contribution in [-0.4, -0.2) is 0 Å². The summed E-state index contributed by atoms with van der Waals surface area (Å²) in [6.45, 7) is 2.30. The van der Waals surface area contributed by atoms with Gasteiger partial charge in [-0.15, -0.1) is 0 Å². The van der Waals surface area contributed by atoms with E-state index in [-0.39, 0.29) is 5.41 Å². The summed E-state index contributed by atoms with van der Waals surface area (Å²) in [6, 6.07) is 18.0. The lowest BCUT2D eigenvalue weighted by atomic mass is 9.63. The molecule has 1 spiro atoms. The number of fused-ring (bicyclic) bond motifs is 2. The molecule has 29 heavy (non-hydrogen) atoms. The van der Waals surface area contributed by atoms with Gasteiger partial charge in [0.1, 0.15) is 0 Å². The van der Waals surface area contributed by atoms with E-state index < -0.39 is 0 Å². The van der Waals surface area contributed by atoms with Crippen molar-refractivity contribution in [3.63, 3.8) is 0 Å². The van der Waals surface area contributed by atoms with Crippen LogP contribution in [0.1, 0.15) is 87.0 Å². The van der Waals surface area contributed by atoms with Gasteiger partial charge in [0.2, 0.25) is 0 Å². The van der Waals surface area contributed by atoms with Crippen LogP contribution in [0.4, 0.5) is 0 Å². The van der Waals surface area contributed by atoms with Crippen LogP contribution >= 0.6 is 0 Å². The molecular formula is C29H36. The molecule has 0 amide bonds. The van der Waals surface area contributed by atoms with E-state index in [1.54, 1.807) is 5.57 Å². The van der Waals surface area contributed by atoms with E-state index in [0.29, 0.717) is 0 Å². The van der Waals surface area contributed by atoms with Gasteiger partial charge in [0.05, 0.1) is 0 Å². The molecule has 1 atom stereocenters. The first-order chi connectivity index (χ1) is 14.3. The quantitative estimate of drug-likeness (QED) is 0.381. The van der Waals surface area contributed by atoms with E-state index in [4.69, 9.17) is 0 Å². The average Bonchev–Trinajstić information content (AvgIpc) is 2.76. The summed E-state index contributed by atoms with van der Waals surface area (Å²) in [6.07, 6.45) is 22.1. The van der Waals surface area contributed by atoms with Gasteiger partial charge in [-0.1, -0.05) is 124 Å². The molecule has 0 radical (unpaired) electrons. The Hall–Kier alpha value is -2.08. The molecule has 2 aliphatic carbocycles. The molecule has 0 saturated heterocycles. The molecule has 0 heteroatoms. The summed E-state index contributed by atoms with van der Waals surface area (Å²) in [5, 5.41) is 0. The molecule has 0 fully saturated rings.